The van der Waals surface area contributed by atoms with Crippen molar-refractivity contribution in [2.24, 2.45) is 0 Å². The molecule has 7 nitrogen and oxygen atoms in total. The summed E-state index contributed by atoms with van der Waals surface area (Å²) in [6.45, 7) is 2.26. The first-order chi connectivity index (χ1) is 16.5. The van der Waals surface area contributed by atoms with Gasteiger partial charge < -0.3 is 9.47 Å². The Morgan fingerprint density at radius 1 is 0.824 bits per heavy atom. The van der Waals surface area contributed by atoms with Crippen LogP contribution < -0.4 is 4.90 Å². The second-order valence-corrected chi connectivity index (χ2v) is 7.79. The fraction of sp³-hybridized carbons (Fsp3) is 0.185. The Morgan fingerprint density at radius 3 is 2.26 bits per heavy atom. The predicted molar refractivity (Wildman–Crippen MR) is 126 cm³/mol. The maximum Gasteiger partial charge on any atom is 0.340 e. The summed E-state index contributed by atoms with van der Waals surface area (Å²) in [5, 5.41) is 0. The lowest BCUT2D eigenvalue weighted by Gasteiger charge is -2.18. The number of amides is 2. The molecule has 0 spiro atoms. The largest absolute Gasteiger partial charge is 0.465 e. The monoisotopic (exact) mass is 457 g/mol. The highest BCUT2D eigenvalue weighted by molar-refractivity contribution is 6.35. The van der Waals surface area contributed by atoms with Crippen molar-refractivity contribution in [2.45, 2.75) is 19.8 Å². The maximum atomic E-state index is 13.3. The molecule has 0 fully saturated rings. The van der Waals surface area contributed by atoms with Crippen LogP contribution in [-0.2, 0) is 9.47 Å². The van der Waals surface area contributed by atoms with Crippen LogP contribution in [0.1, 0.15) is 61.2 Å². The van der Waals surface area contributed by atoms with Gasteiger partial charge in [0.05, 0.1) is 41.7 Å². The Kier molecular flexibility index (Phi) is 6.54. The van der Waals surface area contributed by atoms with Crippen LogP contribution in [0, 0.1) is 0 Å². The Bertz CT molecular complexity index is 1280. The van der Waals surface area contributed by atoms with E-state index in [4.69, 9.17) is 9.47 Å². The molecule has 1 heterocycles. The summed E-state index contributed by atoms with van der Waals surface area (Å²) in [6.07, 6.45) is 1.61. The van der Waals surface area contributed by atoms with E-state index in [9.17, 15) is 19.2 Å². The molecule has 172 valence electrons. The third-order valence-electron chi connectivity index (χ3n) is 5.60. The number of imide groups is 1. The second kappa shape index (κ2) is 9.70. The van der Waals surface area contributed by atoms with Gasteiger partial charge in [-0.25, -0.2) is 14.5 Å². The smallest absolute Gasteiger partial charge is 0.340 e. The van der Waals surface area contributed by atoms with Crippen molar-refractivity contribution in [3.05, 3.63) is 89.0 Å². The van der Waals surface area contributed by atoms with Crippen LogP contribution in [0.2, 0.25) is 0 Å². The van der Waals surface area contributed by atoms with Gasteiger partial charge in [0, 0.05) is 0 Å². The van der Waals surface area contributed by atoms with Gasteiger partial charge in [-0.2, -0.15) is 0 Å². The first kappa shape index (κ1) is 22.9. The minimum Gasteiger partial charge on any atom is -0.465 e. The third-order valence-corrected chi connectivity index (χ3v) is 5.60. The number of carbonyl (C=O) groups is 4. The number of hydrogen-bond acceptors (Lipinski definition) is 6. The SMILES string of the molecule is CCCCOC(=O)c1ccc2c(c1)C(=O)N(c1ccc(-c3ccccc3)cc1C(=O)OC)C2=O. The van der Waals surface area contributed by atoms with E-state index in [1.165, 1.54) is 25.3 Å². The van der Waals surface area contributed by atoms with Gasteiger partial charge in [-0.3, -0.25) is 9.59 Å². The van der Waals surface area contributed by atoms with E-state index in [1.54, 1.807) is 18.2 Å². The maximum absolute atomic E-state index is 13.3. The van der Waals surface area contributed by atoms with Crippen molar-refractivity contribution < 1.29 is 28.7 Å². The molecule has 0 aliphatic carbocycles. The fourth-order valence-electron chi connectivity index (χ4n) is 3.79. The minimum atomic E-state index is -0.676. The Balaban J connectivity index is 1.71. The first-order valence-electron chi connectivity index (χ1n) is 10.9. The van der Waals surface area contributed by atoms with Gasteiger partial charge in [0.2, 0.25) is 0 Å². The number of nitrogens with zero attached hydrogens (tertiary/aromatic N) is 1. The lowest BCUT2D eigenvalue weighted by atomic mass is 10.0. The standard InChI is InChI=1S/C27H23NO6/c1-3-4-14-34-26(31)19-10-12-20-21(16-19)25(30)28(24(20)29)23-13-11-18(15-22(23)27(32)33-2)17-8-6-5-7-9-17/h5-13,15-16H,3-4,14H2,1-2H3. The summed E-state index contributed by atoms with van der Waals surface area (Å²) in [7, 11) is 1.24. The fourth-order valence-corrected chi connectivity index (χ4v) is 3.79. The van der Waals surface area contributed by atoms with Crippen molar-refractivity contribution in [2.75, 3.05) is 18.6 Å². The average Bonchev–Trinajstić information content (AvgIpc) is 3.12. The highest BCUT2D eigenvalue weighted by Gasteiger charge is 2.39. The molecular weight excluding hydrogens is 434 g/mol. The number of unbranched alkanes of at least 4 members (excludes halogenated alkanes) is 1. The van der Waals surface area contributed by atoms with Gasteiger partial charge in [-0.15, -0.1) is 0 Å². The molecule has 0 radical (unpaired) electrons. The van der Waals surface area contributed by atoms with Crippen LogP contribution in [-0.4, -0.2) is 37.5 Å². The molecule has 0 saturated heterocycles. The highest BCUT2D eigenvalue weighted by Crippen LogP contribution is 2.34. The molecular formula is C27H23NO6. The van der Waals surface area contributed by atoms with E-state index in [-0.39, 0.29) is 34.5 Å². The van der Waals surface area contributed by atoms with Crippen LogP contribution in [0.25, 0.3) is 11.1 Å². The summed E-state index contributed by atoms with van der Waals surface area (Å²) in [6, 6.07) is 18.5. The molecule has 3 aromatic rings. The summed E-state index contributed by atoms with van der Waals surface area (Å²) in [5.74, 6) is -2.44. The zero-order chi connectivity index (χ0) is 24.2. The number of carbonyl (C=O) groups excluding carboxylic acids is 4. The van der Waals surface area contributed by atoms with E-state index in [0.29, 0.717) is 0 Å². The molecule has 34 heavy (non-hydrogen) atoms. The first-order valence-corrected chi connectivity index (χ1v) is 10.9. The van der Waals surface area contributed by atoms with E-state index in [1.807, 2.05) is 37.3 Å². The van der Waals surface area contributed by atoms with Crippen LogP contribution in [0.15, 0.2) is 66.7 Å². The normalized spacial score (nSPS) is 12.5. The number of anilines is 1. The van der Waals surface area contributed by atoms with E-state index >= 15 is 0 Å². The topological polar surface area (TPSA) is 90.0 Å². The summed E-state index contributed by atoms with van der Waals surface area (Å²) in [4.78, 5) is 52.3. The van der Waals surface area contributed by atoms with Crippen LogP contribution in [0.5, 0.6) is 0 Å². The molecule has 0 atom stereocenters. The third kappa shape index (κ3) is 4.20. The van der Waals surface area contributed by atoms with Gasteiger partial charge in [0.15, 0.2) is 0 Å². The van der Waals surface area contributed by atoms with Gasteiger partial charge in [0.25, 0.3) is 11.8 Å². The lowest BCUT2D eigenvalue weighted by molar-refractivity contribution is 0.0498. The minimum absolute atomic E-state index is 0.0811. The van der Waals surface area contributed by atoms with Gasteiger partial charge in [-0.1, -0.05) is 49.7 Å². The molecule has 0 aromatic heterocycles. The van der Waals surface area contributed by atoms with Crippen molar-refractivity contribution in [1.82, 2.24) is 0 Å². The number of benzene rings is 3. The van der Waals surface area contributed by atoms with E-state index < -0.39 is 23.8 Å². The molecule has 1 aliphatic rings. The van der Waals surface area contributed by atoms with Crippen molar-refractivity contribution >= 4 is 29.4 Å². The number of ether oxygens (including phenoxy) is 2. The molecule has 2 amide bonds. The Morgan fingerprint density at radius 2 is 1.56 bits per heavy atom. The molecule has 0 bridgehead atoms. The summed E-state index contributed by atoms with van der Waals surface area (Å²) in [5.41, 5.74) is 2.22. The van der Waals surface area contributed by atoms with Crippen LogP contribution in [0.4, 0.5) is 5.69 Å². The zero-order valence-electron chi connectivity index (χ0n) is 18.9. The molecule has 0 saturated carbocycles. The van der Waals surface area contributed by atoms with Crippen molar-refractivity contribution in [1.29, 1.82) is 0 Å². The summed E-state index contributed by atoms with van der Waals surface area (Å²) < 4.78 is 10.1. The summed E-state index contributed by atoms with van der Waals surface area (Å²) >= 11 is 0. The molecule has 3 aromatic carbocycles. The van der Waals surface area contributed by atoms with Gasteiger partial charge >= 0.3 is 11.9 Å². The molecule has 7 heteroatoms. The number of methoxy groups -OCH3 is 1. The van der Waals surface area contributed by atoms with Crippen LogP contribution in [0.3, 0.4) is 0 Å². The average molecular weight is 457 g/mol. The Labute approximate surface area is 196 Å². The zero-order valence-corrected chi connectivity index (χ0v) is 18.9. The van der Waals surface area contributed by atoms with Crippen molar-refractivity contribution in [3.63, 3.8) is 0 Å². The quantitative estimate of drug-likeness (QED) is 0.285. The van der Waals surface area contributed by atoms with E-state index in [2.05, 4.69) is 0 Å². The van der Waals surface area contributed by atoms with E-state index in [0.717, 1.165) is 28.9 Å². The number of hydrogen-bond donors (Lipinski definition) is 0. The van der Waals surface area contributed by atoms with Gasteiger partial charge in [0.1, 0.15) is 0 Å². The molecule has 0 N–H and O–H groups in total. The molecule has 1 aliphatic heterocycles. The predicted octanol–water partition coefficient (Wildman–Crippen LogP) is 4.90. The van der Waals surface area contributed by atoms with Gasteiger partial charge in [-0.05, 0) is 47.9 Å². The highest BCUT2D eigenvalue weighted by atomic mass is 16.5. The molecule has 0 unspecified atom stereocenters. The second-order valence-electron chi connectivity index (χ2n) is 7.79. The number of esters is 2. The van der Waals surface area contributed by atoms with Crippen LogP contribution >= 0.6 is 0 Å². The number of rotatable bonds is 7. The lowest BCUT2D eigenvalue weighted by Crippen LogP contribution is -2.31. The Hall–Kier alpha value is -4.26. The number of fused-ring (bicyclic) bond motifs is 1. The van der Waals surface area contributed by atoms with Crippen molar-refractivity contribution in [3.8, 4) is 11.1 Å². The molecule has 4 rings (SSSR count).